The number of benzene rings is 2. The minimum absolute atomic E-state index is 0.116. The predicted molar refractivity (Wildman–Crippen MR) is 81.1 cm³/mol. The van der Waals surface area contributed by atoms with Gasteiger partial charge in [-0.1, -0.05) is 18.2 Å². The Morgan fingerprint density at radius 2 is 2.00 bits per heavy atom. The molecule has 1 atom stereocenters. The molecule has 2 N–H and O–H groups in total. The number of rotatable bonds is 4. The van der Waals surface area contributed by atoms with Crippen LogP contribution in [-0.2, 0) is 6.42 Å². The Morgan fingerprint density at radius 1 is 1.20 bits per heavy atom. The van der Waals surface area contributed by atoms with E-state index in [0.29, 0.717) is 5.25 Å². The molecular formula is C16H16FNOS. The SMILES string of the molecule is Nc1ccc(C2Cc3ccc(OCCF)cc3S2)cc1. The summed E-state index contributed by atoms with van der Waals surface area (Å²) in [5.74, 6) is 0.742. The summed E-state index contributed by atoms with van der Waals surface area (Å²) in [5, 5.41) is 0.419. The first kappa shape index (κ1) is 13.3. The Morgan fingerprint density at radius 3 is 2.75 bits per heavy atom. The Bertz CT molecular complexity index is 600. The maximum Gasteiger partial charge on any atom is 0.123 e. The molecule has 0 fully saturated rings. The Kier molecular flexibility index (Phi) is 3.83. The zero-order chi connectivity index (χ0) is 13.9. The Hall–Kier alpha value is -1.68. The fourth-order valence-electron chi connectivity index (χ4n) is 2.35. The molecule has 3 rings (SSSR count). The third kappa shape index (κ3) is 2.75. The molecule has 4 heteroatoms. The first-order valence-corrected chi connectivity index (χ1v) is 7.48. The highest BCUT2D eigenvalue weighted by molar-refractivity contribution is 7.99. The van der Waals surface area contributed by atoms with E-state index in [-0.39, 0.29) is 6.61 Å². The maximum absolute atomic E-state index is 12.1. The molecule has 20 heavy (non-hydrogen) atoms. The Balaban J connectivity index is 1.76. The molecule has 0 bridgehead atoms. The van der Waals surface area contributed by atoms with E-state index < -0.39 is 6.67 Å². The van der Waals surface area contributed by atoms with Crippen molar-refractivity contribution in [2.24, 2.45) is 0 Å². The van der Waals surface area contributed by atoms with Crippen molar-refractivity contribution < 1.29 is 9.13 Å². The highest BCUT2D eigenvalue weighted by Crippen LogP contribution is 2.47. The van der Waals surface area contributed by atoms with Crippen molar-refractivity contribution in [3.63, 3.8) is 0 Å². The van der Waals surface area contributed by atoms with Crippen molar-refractivity contribution in [1.82, 2.24) is 0 Å². The monoisotopic (exact) mass is 289 g/mol. The minimum atomic E-state index is -0.460. The van der Waals surface area contributed by atoms with Gasteiger partial charge in [0.15, 0.2) is 0 Å². The second-order valence-corrected chi connectivity index (χ2v) is 6.03. The normalized spacial score (nSPS) is 16.9. The number of hydrogen-bond donors (Lipinski definition) is 1. The van der Waals surface area contributed by atoms with Gasteiger partial charge in [-0.15, -0.1) is 11.8 Å². The third-order valence-electron chi connectivity index (χ3n) is 3.37. The van der Waals surface area contributed by atoms with E-state index in [9.17, 15) is 4.39 Å². The van der Waals surface area contributed by atoms with Crippen LogP contribution in [0.4, 0.5) is 10.1 Å². The number of nitrogens with two attached hydrogens (primary N) is 1. The lowest BCUT2D eigenvalue weighted by Crippen LogP contribution is -1.98. The van der Waals surface area contributed by atoms with Crippen LogP contribution in [0.1, 0.15) is 16.4 Å². The van der Waals surface area contributed by atoms with E-state index in [1.54, 1.807) is 0 Å². The number of alkyl halides is 1. The van der Waals surface area contributed by atoms with Gasteiger partial charge in [0.25, 0.3) is 0 Å². The van der Waals surface area contributed by atoms with Crippen LogP contribution in [0.15, 0.2) is 47.4 Å². The van der Waals surface area contributed by atoms with Crippen LogP contribution in [0, 0.1) is 0 Å². The van der Waals surface area contributed by atoms with Gasteiger partial charge in [-0.2, -0.15) is 0 Å². The van der Waals surface area contributed by atoms with Crippen LogP contribution in [0.25, 0.3) is 0 Å². The molecule has 0 aromatic heterocycles. The number of thioether (sulfide) groups is 1. The molecule has 1 unspecified atom stereocenters. The van der Waals surface area contributed by atoms with E-state index >= 15 is 0 Å². The summed E-state index contributed by atoms with van der Waals surface area (Å²) in [6, 6.07) is 14.0. The van der Waals surface area contributed by atoms with Gasteiger partial charge in [0, 0.05) is 15.8 Å². The molecule has 1 aliphatic heterocycles. The summed E-state index contributed by atoms with van der Waals surface area (Å²) in [5.41, 5.74) is 9.12. The standard InChI is InChI=1S/C16H16FNOS/c17-7-8-19-14-6-3-12-9-15(20-16(12)10-14)11-1-4-13(18)5-2-11/h1-6,10,15H,7-9,18H2. The lowest BCUT2D eigenvalue weighted by atomic mass is 10.0. The quantitative estimate of drug-likeness (QED) is 0.864. The van der Waals surface area contributed by atoms with Gasteiger partial charge in [-0.3, -0.25) is 0 Å². The molecule has 2 nitrogen and oxygen atoms in total. The number of hydrogen-bond acceptors (Lipinski definition) is 3. The van der Waals surface area contributed by atoms with Crippen molar-refractivity contribution in [3.8, 4) is 5.75 Å². The molecule has 0 amide bonds. The second-order valence-electron chi connectivity index (χ2n) is 4.78. The first-order valence-electron chi connectivity index (χ1n) is 6.60. The fraction of sp³-hybridized carbons (Fsp3) is 0.250. The summed E-state index contributed by atoms with van der Waals surface area (Å²) in [7, 11) is 0. The van der Waals surface area contributed by atoms with Crippen molar-refractivity contribution >= 4 is 17.4 Å². The van der Waals surface area contributed by atoms with Crippen LogP contribution in [0.2, 0.25) is 0 Å². The van der Waals surface area contributed by atoms with Crippen molar-refractivity contribution in [3.05, 3.63) is 53.6 Å². The summed E-state index contributed by atoms with van der Waals surface area (Å²) in [6.07, 6.45) is 1.01. The largest absolute Gasteiger partial charge is 0.491 e. The zero-order valence-electron chi connectivity index (χ0n) is 11.0. The predicted octanol–water partition coefficient (Wildman–Crippen LogP) is 4.01. The number of ether oxygens (including phenoxy) is 1. The van der Waals surface area contributed by atoms with Gasteiger partial charge in [0.2, 0.25) is 0 Å². The maximum atomic E-state index is 12.1. The van der Waals surface area contributed by atoms with Crippen LogP contribution in [-0.4, -0.2) is 13.3 Å². The van der Waals surface area contributed by atoms with E-state index in [1.165, 1.54) is 16.0 Å². The first-order chi connectivity index (χ1) is 9.76. The second kappa shape index (κ2) is 5.75. The van der Waals surface area contributed by atoms with Gasteiger partial charge >= 0.3 is 0 Å². The molecule has 2 aromatic carbocycles. The summed E-state index contributed by atoms with van der Waals surface area (Å²) in [4.78, 5) is 1.23. The topological polar surface area (TPSA) is 35.2 Å². The molecule has 0 radical (unpaired) electrons. The molecule has 0 spiro atoms. The van der Waals surface area contributed by atoms with Crippen molar-refractivity contribution in [2.45, 2.75) is 16.6 Å². The Labute approximate surface area is 122 Å². The van der Waals surface area contributed by atoms with Gasteiger partial charge in [0.05, 0.1) is 0 Å². The van der Waals surface area contributed by atoms with Gasteiger partial charge in [-0.25, -0.2) is 4.39 Å². The molecule has 0 aliphatic carbocycles. The van der Waals surface area contributed by atoms with E-state index in [2.05, 4.69) is 18.2 Å². The summed E-state index contributed by atoms with van der Waals surface area (Å²) >= 11 is 1.83. The molecule has 0 saturated carbocycles. The highest BCUT2D eigenvalue weighted by Gasteiger charge is 2.24. The van der Waals surface area contributed by atoms with Gasteiger partial charge in [-0.05, 0) is 41.8 Å². The number of anilines is 1. The van der Waals surface area contributed by atoms with Crippen molar-refractivity contribution in [2.75, 3.05) is 19.0 Å². The number of halogens is 1. The highest BCUT2D eigenvalue weighted by atomic mass is 32.2. The fourth-order valence-corrected chi connectivity index (χ4v) is 3.70. The van der Waals surface area contributed by atoms with Crippen LogP contribution in [0.5, 0.6) is 5.75 Å². The lowest BCUT2D eigenvalue weighted by molar-refractivity contribution is 0.273. The smallest absolute Gasteiger partial charge is 0.123 e. The van der Waals surface area contributed by atoms with E-state index in [0.717, 1.165) is 17.9 Å². The minimum Gasteiger partial charge on any atom is -0.491 e. The molecule has 1 aliphatic rings. The van der Waals surface area contributed by atoms with Crippen molar-refractivity contribution in [1.29, 1.82) is 0 Å². The van der Waals surface area contributed by atoms with Crippen LogP contribution in [0.3, 0.4) is 0 Å². The average molecular weight is 289 g/mol. The summed E-state index contributed by atoms with van der Waals surface area (Å²) in [6.45, 7) is -0.344. The zero-order valence-corrected chi connectivity index (χ0v) is 11.8. The molecule has 2 aromatic rings. The van der Waals surface area contributed by atoms with Gasteiger partial charge in [0.1, 0.15) is 19.0 Å². The van der Waals surface area contributed by atoms with Crippen LogP contribution >= 0.6 is 11.8 Å². The number of nitrogen functional groups attached to an aromatic ring is 1. The number of fused-ring (bicyclic) bond motifs is 1. The average Bonchev–Trinajstić information content (AvgIpc) is 2.89. The lowest BCUT2D eigenvalue weighted by Gasteiger charge is -2.08. The molecule has 1 heterocycles. The van der Waals surface area contributed by atoms with Gasteiger partial charge < -0.3 is 10.5 Å². The third-order valence-corrected chi connectivity index (χ3v) is 4.72. The van der Waals surface area contributed by atoms with E-state index in [1.807, 2.05) is 36.0 Å². The molecular weight excluding hydrogens is 273 g/mol. The molecule has 104 valence electrons. The van der Waals surface area contributed by atoms with Crippen LogP contribution < -0.4 is 10.5 Å². The summed E-state index contributed by atoms with van der Waals surface area (Å²) < 4.78 is 17.5. The van der Waals surface area contributed by atoms with E-state index in [4.69, 9.17) is 10.5 Å². The molecule has 0 saturated heterocycles.